The average molecular weight is 459 g/mol. The van der Waals surface area contributed by atoms with Crippen LogP contribution in [0.25, 0.3) is 0 Å². The first-order valence-corrected chi connectivity index (χ1v) is 11.1. The zero-order chi connectivity index (χ0) is 23.0. The van der Waals surface area contributed by atoms with E-state index in [0.29, 0.717) is 17.5 Å². The minimum absolute atomic E-state index is 0.0391. The number of urea groups is 1. The van der Waals surface area contributed by atoms with Crippen LogP contribution in [0.15, 0.2) is 23.1 Å². The monoisotopic (exact) mass is 459 g/mol. The standard InChI is InChI=1S/C18H23F2N5O5S/c1-3-18(2)16(27)25(17(28)21-18)22-15(26)11-23-6-8-24(9-7-23)31(29,30)14-10-12(19)4-5-13(14)20/h4-5,10H,3,6-9,11H2,1-2H3,(H,21,28)(H,22,26). The Morgan fingerprint density at radius 1 is 1.19 bits per heavy atom. The van der Waals surface area contributed by atoms with Gasteiger partial charge in [0.05, 0.1) is 6.54 Å². The average Bonchev–Trinajstić information content (AvgIpc) is 2.93. The van der Waals surface area contributed by atoms with Crippen LogP contribution in [-0.4, -0.2) is 78.7 Å². The summed E-state index contributed by atoms with van der Waals surface area (Å²) in [6, 6.07) is 1.49. The molecule has 2 fully saturated rings. The summed E-state index contributed by atoms with van der Waals surface area (Å²) in [5.74, 6) is -3.09. The Morgan fingerprint density at radius 2 is 1.84 bits per heavy atom. The SMILES string of the molecule is CCC1(C)NC(=O)N(NC(=O)CN2CCN(S(=O)(=O)c3cc(F)ccc3F)CC2)C1=O. The number of piperazine rings is 1. The van der Waals surface area contributed by atoms with Gasteiger partial charge in [-0.05, 0) is 31.5 Å². The molecule has 0 saturated carbocycles. The predicted molar refractivity (Wildman–Crippen MR) is 104 cm³/mol. The van der Waals surface area contributed by atoms with Gasteiger partial charge in [0.2, 0.25) is 10.0 Å². The van der Waals surface area contributed by atoms with Crippen molar-refractivity contribution >= 4 is 27.9 Å². The van der Waals surface area contributed by atoms with E-state index >= 15 is 0 Å². The molecule has 1 atom stereocenters. The minimum Gasteiger partial charge on any atom is -0.322 e. The van der Waals surface area contributed by atoms with Crippen LogP contribution in [0, 0.1) is 11.6 Å². The maximum absolute atomic E-state index is 13.9. The van der Waals surface area contributed by atoms with Crippen LogP contribution < -0.4 is 10.7 Å². The van der Waals surface area contributed by atoms with Crippen molar-refractivity contribution < 1.29 is 31.6 Å². The molecule has 0 bridgehead atoms. The number of benzene rings is 1. The molecule has 2 N–H and O–H groups in total. The van der Waals surface area contributed by atoms with Gasteiger partial charge in [-0.25, -0.2) is 22.0 Å². The molecular weight excluding hydrogens is 436 g/mol. The predicted octanol–water partition coefficient (Wildman–Crippen LogP) is 0.0228. The van der Waals surface area contributed by atoms with Crippen molar-refractivity contribution in [1.29, 1.82) is 0 Å². The highest BCUT2D eigenvalue weighted by Crippen LogP contribution is 2.22. The Kier molecular flexibility index (Phi) is 6.30. The highest BCUT2D eigenvalue weighted by atomic mass is 32.2. The van der Waals surface area contributed by atoms with Crippen molar-refractivity contribution in [1.82, 2.24) is 25.0 Å². The summed E-state index contributed by atoms with van der Waals surface area (Å²) < 4.78 is 53.5. The molecule has 0 spiro atoms. The quantitative estimate of drug-likeness (QED) is 0.579. The lowest BCUT2D eigenvalue weighted by Gasteiger charge is -2.33. The molecule has 0 radical (unpaired) electrons. The number of nitrogens with one attached hydrogen (secondary N) is 2. The zero-order valence-corrected chi connectivity index (χ0v) is 17.8. The van der Waals surface area contributed by atoms with Crippen molar-refractivity contribution in [3.63, 3.8) is 0 Å². The number of sulfonamides is 1. The zero-order valence-electron chi connectivity index (χ0n) is 17.0. The number of hydrogen-bond donors (Lipinski definition) is 2. The molecule has 2 heterocycles. The molecule has 10 nitrogen and oxygen atoms in total. The second-order valence-electron chi connectivity index (χ2n) is 7.55. The molecule has 170 valence electrons. The topological polar surface area (TPSA) is 119 Å². The van der Waals surface area contributed by atoms with E-state index in [1.165, 1.54) is 0 Å². The lowest BCUT2D eigenvalue weighted by atomic mass is 10.00. The van der Waals surface area contributed by atoms with Gasteiger partial charge < -0.3 is 5.32 Å². The fourth-order valence-electron chi connectivity index (χ4n) is 3.33. The number of carbonyl (C=O) groups excluding carboxylic acids is 3. The van der Waals surface area contributed by atoms with Crippen molar-refractivity contribution in [2.24, 2.45) is 0 Å². The Balaban J connectivity index is 1.57. The van der Waals surface area contributed by atoms with Gasteiger partial charge in [0.25, 0.3) is 11.8 Å². The molecule has 1 aromatic carbocycles. The Labute approximate surface area is 178 Å². The number of amides is 4. The van der Waals surface area contributed by atoms with Gasteiger partial charge in [-0.2, -0.15) is 9.31 Å². The molecule has 31 heavy (non-hydrogen) atoms. The lowest BCUT2D eigenvalue weighted by Crippen LogP contribution is -2.54. The van der Waals surface area contributed by atoms with Crippen molar-refractivity contribution in [2.75, 3.05) is 32.7 Å². The smallest absolute Gasteiger partial charge is 0.322 e. The van der Waals surface area contributed by atoms with Crippen LogP contribution >= 0.6 is 0 Å². The van der Waals surface area contributed by atoms with Crippen LogP contribution in [0.3, 0.4) is 0 Å². The highest BCUT2D eigenvalue weighted by molar-refractivity contribution is 7.89. The molecule has 2 aliphatic rings. The number of hydrogen-bond acceptors (Lipinski definition) is 6. The van der Waals surface area contributed by atoms with Crippen molar-refractivity contribution in [3.8, 4) is 0 Å². The summed E-state index contributed by atoms with van der Waals surface area (Å²) in [6.45, 7) is 3.33. The van der Waals surface area contributed by atoms with Crippen molar-refractivity contribution in [2.45, 2.75) is 30.7 Å². The van der Waals surface area contributed by atoms with E-state index in [0.717, 1.165) is 16.4 Å². The van der Waals surface area contributed by atoms with Gasteiger partial charge in [-0.1, -0.05) is 6.92 Å². The van der Waals surface area contributed by atoms with Crippen LogP contribution in [0.2, 0.25) is 0 Å². The van der Waals surface area contributed by atoms with E-state index in [-0.39, 0.29) is 32.7 Å². The molecule has 0 aromatic heterocycles. The number of hydrazine groups is 1. The number of imide groups is 1. The van der Waals surface area contributed by atoms with E-state index in [4.69, 9.17) is 0 Å². The van der Waals surface area contributed by atoms with E-state index in [1.54, 1.807) is 18.7 Å². The Hall–Kier alpha value is -2.64. The van der Waals surface area contributed by atoms with Crippen LogP contribution in [-0.2, 0) is 19.6 Å². The first-order valence-electron chi connectivity index (χ1n) is 9.61. The fourth-order valence-corrected chi connectivity index (χ4v) is 4.83. The molecule has 3 rings (SSSR count). The Morgan fingerprint density at radius 3 is 2.42 bits per heavy atom. The van der Waals surface area contributed by atoms with Gasteiger partial charge in [0.15, 0.2) is 0 Å². The molecular formula is C18H23F2N5O5S. The maximum Gasteiger partial charge on any atom is 0.344 e. The highest BCUT2D eigenvalue weighted by Gasteiger charge is 2.47. The fraction of sp³-hybridized carbons (Fsp3) is 0.500. The van der Waals surface area contributed by atoms with E-state index in [2.05, 4.69) is 10.7 Å². The van der Waals surface area contributed by atoms with E-state index in [9.17, 15) is 31.6 Å². The third kappa shape index (κ3) is 4.52. The number of nitrogens with zero attached hydrogens (tertiary/aromatic N) is 3. The normalized spacial score (nSPS) is 23.2. The number of carbonyl (C=O) groups is 3. The minimum atomic E-state index is -4.23. The largest absolute Gasteiger partial charge is 0.344 e. The van der Waals surface area contributed by atoms with Gasteiger partial charge in [-0.15, -0.1) is 0 Å². The van der Waals surface area contributed by atoms with Gasteiger partial charge >= 0.3 is 6.03 Å². The van der Waals surface area contributed by atoms with Gasteiger partial charge in [-0.3, -0.25) is 19.9 Å². The summed E-state index contributed by atoms with van der Waals surface area (Å²) in [6.07, 6.45) is 0.353. The Bertz CT molecular complexity index is 1010. The lowest BCUT2D eigenvalue weighted by molar-refractivity contribution is -0.139. The third-order valence-electron chi connectivity index (χ3n) is 5.41. The molecule has 1 unspecified atom stereocenters. The summed E-state index contributed by atoms with van der Waals surface area (Å²) in [7, 11) is -4.23. The molecule has 2 saturated heterocycles. The second-order valence-corrected chi connectivity index (χ2v) is 9.45. The number of halogens is 2. The molecule has 1 aromatic rings. The van der Waals surface area contributed by atoms with E-state index in [1.807, 2.05) is 0 Å². The first kappa shape index (κ1) is 23.0. The molecule has 13 heteroatoms. The molecule has 0 aliphatic carbocycles. The maximum atomic E-state index is 13.9. The molecule has 4 amide bonds. The second kappa shape index (κ2) is 8.48. The number of rotatable bonds is 6. The summed E-state index contributed by atoms with van der Waals surface area (Å²) in [4.78, 5) is 37.5. The molecule has 2 aliphatic heterocycles. The first-order chi connectivity index (χ1) is 14.5. The third-order valence-corrected chi connectivity index (χ3v) is 7.33. The van der Waals surface area contributed by atoms with Crippen molar-refractivity contribution in [3.05, 3.63) is 29.8 Å². The summed E-state index contributed by atoms with van der Waals surface area (Å²) in [5.41, 5.74) is 1.18. The van der Waals surface area contributed by atoms with Crippen LogP contribution in [0.1, 0.15) is 20.3 Å². The summed E-state index contributed by atoms with van der Waals surface area (Å²) >= 11 is 0. The van der Waals surface area contributed by atoms with Gasteiger partial charge in [0, 0.05) is 26.2 Å². The van der Waals surface area contributed by atoms with Gasteiger partial charge in [0.1, 0.15) is 22.1 Å². The van der Waals surface area contributed by atoms with Crippen LogP contribution in [0.5, 0.6) is 0 Å². The van der Waals surface area contributed by atoms with E-state index < -0.39 is 49.9 Å². The summed E-state index contributed by atoms with van der Waals surface area (Å²) in [5, 5.41) is 3.15. The van der Waals surface area contributed by atoms with Crippen LogP contribution in [0.4, 0.5) is 13.6 Å².